The van der Waals surface area contributed by atoms with Gasteiger partial charge in [-0.3, -0.25) is 0 Å². The number of anilines is 1. The van der Waals surface area contributed by atoms with E-state index in [1.165, 1.54) is 7.11 Å². The molecule has 0 saturated carbocycles. The average molecular weight is 263 g/mol. The van der Waals surface area contributed by atoms with E-state index < -0.39 is 0 Å². The van der Waals surface area contributed by atoms with Crippen molar-refractivity contribution in [2.75, 3.05) is 12.4 Å². The molecule has 1 heterocycles. The van der Waals surface area contributed by atoms with Crippen LogP contribution in [0.25, 0.3) is 10.1 Å². The molecule has 2 rings (SSSR count). The monoisotopic (exact) mass is 263 g/mol. The van der Waals surface area contributed by atoms with Gasteiger partial charge in [-0.1, -0.05) is 0 Å². The summed E-state index contributed by atoms with van der Waals surface area (Å²) in [5.74, 6) is -0.303. The van der Waals surface area contributed by atoms with Crippen molar-refractivity contribution in [2.45, 2.75) is 26.3 Å². The number of nitrogens with one attached hydrogen (secondary N) is 1. The number of carbonyl (C=O) groups is 1. The molecule has 0 bridgehead atoms. The maximum absolute atomic E-state index is 11.7. The predicted octanol–water partition coefficient (Wildman–Crippen LogP) is 3.90. The zero-order chi connectivity index (χ0) is 13.3. The number of esters is 1. The second-order valence-electron chi connectivity index (χ2n) is 5.22. The van der Waals surface area contributed by atoms with Crippen molar-refractivity contribution < 1.29 is 9.53 Å². The Hall–Kier alpha value is -1.55. The molecule has 1 aromatic carbocycles. The minimum atomic E-state index is -0.303. The molecule has 1 aromatic heterocycles. The highest BCUT2D eigenvalue weighted by atomic mass is 32.1. The third-order valence-electron chi connectivity index (χ3n) is 2.50. The SMILES string of the molecule is COC(=O)c1cc(NC(C)(C)C)c2ccsc2c1. The third kappa shape index (κ3) is 2.64. The standard InChI is InChI=1S/C14H17NO2S/c1-14(2,3)15-11-7-9(13(16)17-4)8-12-10(11)5-6-18-12/h5-8,15H,1-4H3. The second kappa shape index (κ2) is 4.61. The summed E-state index contributed by atoms with van der Waals surface area (Å²) in [5.41, 5.74) is 1.50. The van der Waals surface area contributed by atoms with Crippen LogP contribution >= 0.6 is 11.3 Å². The lowest BCUT2D eigenvalue weighted by Gasteiger charge is -2.23. The van der Waals surface area contributed by atoms with Gasteiger partial charge in [0.2, 0.25) is 0 Å². The van der Waals surface area contributed by atoms with Crippen LogP contribution in [0.2, 0.25) is 0 Å². The summed E-state index contributed by atoms with van der Waals surface area (Å²) in [6.45, 7) is 6.28. The number of ether oxygens (including phenoxy) is 1. The van der Waals surface area contributed by atoms with Crippen LogP contribution in [0.4, 0.5) is 5.69 Å². The fraction of sp³-hybridized carbons (Fsp3) is 0.357. The normalized spacial score (nSPS) is 11.6. The van der Waals surface area contributed by atoms with Crippen LogP contribution in [0.15, 0.2) is 23.6 Å². The molecule has 0 unspecified atom stereocenters. The van der Waals surface area contributed by atoms with Crippen molar-refractivity contribution in [3.8, 4) is 0 Å². The van der Waals surface area contributed by atoms with E-state index >= 15 is 0 Å². The highest BCUT2D eigenvalue weighted by Gasteiger charge is 2.15. The molecule has 0 spiro atoms. The van der Waals surface area contributed by atoms with Gasteiger partial charge >= 0.3 is 5.97 Å². The third-order valence-corrected chi connectivity index (χ3v) is 3.37. The lowest BCUT2D eigenvalue weighted by molar-refractivity contribution is 0.0601. The van der Waals surface area contributed by atoms with Gasteiger partial charge in [-0.05, 0) is 44.4 Å². The zero-order valence-electron chi connectivity index (χ0n) is 11.0. The van der Waals surface area contributed by atoms with Gasteiger partial charge in [-0.15, -0.1) is 11.3 Å². The minimum Gasteiger partial charge on any atom is -0.465 e. The molecule has 0 fully saturated rings. The molecular weight excluding hydrogens is 246 g/mol. The lowest BCUT2D eigenvalue weighted by Crippen LogP contribution is -2.26. The smallest absolute Gasteiger partial charge is 0.337 e. The summed E-state index contributed by atoms with van der Waals surface area (Å²) < 4.78 is 5.87. The summed E-state index contributed by atoms with van der Waals surface area (Å²) in [4.78, 5) is 11.7. The fourth-order valence-electron chi connectivity index (χ4n) is 1.81. The topological polar surface area (TPSA) is 38.3 Å². The van der Waals surface area contributed by atoms with Crippen LogP contribution < -0.4 is 5.32 Å². The van der Waals surface area contributed by atoms with E-state index in [0.29, 0.717) is 5.56 Å². The first-order valence-corrected chi connectivity index (χ1v) is 6.66. The summed E-state index contributed by atoms with van der Waals surface area (Å²) in [6.07, 6.45) is 0. The van der Waals surface area contributed by atoms with Gasteiger partial charge in [0.05, 0.1) is 12.7 Å². The van der Waals surface area contributed by atoms with Crippen molar-refractivity contribution in [2.24, 2.45) is 0 Å². The highest BCUT2D eigenvalue weighted by molar-refractivity contribution is 7.17. The van der Waals surface area contributed by atoms with Gasteiger partial charge in [0.25, 0.3) is 0 Å². The second-order valence-corrected chi connectivity index (χ2v) is 6.17. The first-order chi connectivity index (χ1) is 8.40. The van der Waals surface area contributed by atoms with Crippen molar-refractivity contribution >= 4 is 33.1 Å². The molecule has 18 heavy (non-hydrogen) atoms. The van der Waals surface area contributed by atoms with Gasteiger partial charge < -0.3 is 10.1 Å². The summed E-state index contributed by atoms with van der Waals surface area (Å²) >= 11 is 1.62. The number of rotatable bonds is 2. The van der Waals surface area contributed by atoms with E-state index in [9.17, 15) is 4.79 Å². The Bertz CT molecular complexity index is 581. The van der Waals surface area contributed by atoms with Crippen molar-refractivity contribution in [1.82, 2.24) is 0 Å². The van der Waals surface area contributed by atoms with E-state index in [1.807, 2.05) is 17.5 Å². The average Bonchev–Trinajstić information content (AvgIpc) is 2.74. The number of hydrogen-bond donors (Lipinski definition) is 1. The number of methoxy groups -OCH3 is 1. The number of carbonyl (C=O) groups excluding carboxylic acids is 1. The maximum Gasteiger partial charge on any atom is 0.337 e. The Morgan fingerprint density at radius 2 is 2.06 bits per heavy atom. The number of thiophene rings is 1. The summed E-state index contributed by atoms with van der Waals surface area (Å²) in [6, 6.07) is 5.79. The Kier molecular flexibility index (Phi) is 3.30. The quantitative estimate of drug-likeness (QED) is 0.835. The number of fused-ring (bicyclic) bond motifs is 1. The molecule has 0 aliphatic carbocycles. The molecule has 0 saturated heterocycles. The van der Waals surface area contributed by atoms with Crippen molar-refractivity contribution in [3.63, 3.8) is 0 Å². The summed E-state index contributed by atoms with van der Waals surface area (Å²) in [5, 5.41) is 6.60. The zero-order valence-corrected chi connectivity index (χ0v) is 11.9. The van der Waals surface area contributed by atoms with Gasteiger partial charge in [-0.2, -0.15) is 0 Å². The largest absolute Gasteiger partial charge is 0.465 e. The Morgan fingerprint density at radius 1 is 1.33 bits per heavy atom. The molecule has 1 N–H and O–H groups in total. The predicted molar refractivity (Wildman–Crippen MR) is 76.5 cm³/mol. The Labute approximate surface area is 111 Å². The van der Waals surface area contributed by atoms with E-state index in [-0.39, 0.29) is 11.5 Å². The van der Waals surface area contributed by atoms with Crippen LogP contribution in [0, 0.1) is 0 Å². The van der Waals surface area contributed by atoms with Crippen molar-refractivity contribution in [3.05, 3.63) is 29.1 Å². The van der Waals surface area contributed by atoms with E-state index in [2.05, 4.69) is 32.2 Å². The Morgan fingerprint density at radius 3 is 2.67 bits per heavy atom. The molecule has 0 aliphatic rings. The van der Waals surface area contributed by atoms with Crippen LogP contribution in [-0.4, -0.2) is 18.6 Å². The molecule has 0 amide bonds. The van der Waals surface area contributed by atoms with Gasteiger partial charge in [-0.25, -0.2) is 4.79 Å². The molecular formula is C14H17NO2S. The van der Waals surface area contributed by atoms with Crippen LogP contribution in [0.1, 0.15) is 31.1 Å². The minimum absolute atomic E-state index is 0.0520. The molecule has 3 nitrogen and oxygen atoms in total. The molecule has 0 atom stereocenters. The van der Waals surface area contributed by atoms with E-state index in [4.69, 9.17) is 4.74 Å². The fourth-order valence-corrected chi connectivity index (χ4v) is 2.67. The maximum atomic E-state index is 11.7. The molecule has 2 aromatic rings. The van der Waals surface area contributed by atoms with Crippen LogP contribution in [0.3, 0.4) is 0 Å². The molecule has 4 heteroatoms. The van der Waals surface area contributed by atoms with Gasteiger partial charge in [0, 0.05) is 21.3 Å². The molecule has 0 aliphatic heterocycles. The van der Waals surface area contributed by atoms with E-state index in [0.717, 1.165) is 15.8 Å². The Balaban J connectivity index is 2.55. The van der Waals surface area contributed by atoms with Crippen LogP contribution in [-0.2, 0) is 4.74 Å². The summed E-state index contributed by atoms with van der Waals surface area (Å²) in [7, 11) is 1.40. The van der Waals surface area contributed by atoms with Crippen LogP contribution in [0.5, 0.6) is 0 Å². The number of hydrogen-bond acceptors (Lipinski definition) is 4. The molecule has 96 valence electrons. The molecule has 0 radical (unpaired) electrons. The first-order valence-electron chi connectivity index (χ1n) is 5.78. The van der Waals surface area contributed by atoms with Gasteiger partial charge in [0.15, 0.2) is 0 Å². The lowest BCUT2D eigenvalue weighted by atomic mass is 10.1. The first kappa shape index (κ1) is 12.9. The van der Waals surface area contributed by atoms with E-state index in [1.54, 1.807) is 11.3 Å². The highest BCUT2D eigenvalue weighted by Crippen LogP contribution is 2.31. The number of benzene rings is 1. The van der Waals surface area contributed by atoms with Gasteiger partial charge in [0.1, 0.15) is 0 Å². The van der Waals surface area contributed by atoms with Crippen molar-refractivity contribution in [1.29, 1.82) is 0 Å².